The van der Waals surface area contributed by atoms with E-state index >= 15 is 0 Å². The van der Waals surface area contributed by atoms with Gasteiger partial charge >= 0.3 is 11.9 Å². The Bertz CT molecular complexity index is 3690. The van der Waals surface area contributed by atoms with Crippen molar-refractivity contribution in [2.24, 2.45) is 17.8 Å². The summed E-state index contributed by atoms with van der Waals surface area (Å²) in [7, 11) is 3.50. The van der Waals surface area contributed by atoms with Gasteiger partial charge in [0.2, 0.25) is 65.0 Å². The smallest absolute Gasteiger partial charge is 0.328 e. The van der Waals surface area contributed by atoms with E-state index in [1.165, 1.54) is 26.5 Å². The molecule has 0 spiro atoms. The molecule has 0 aliphatic carbocycles. The third-order valence-corrected chi connectivity index (χ3v) is 18.8. The normalized spacial score (nSPS) is 23.8. The van der Waals surface area contributed by atoms with Crippen molar-refractivity contribution in [3.05, 3.63) is 90.3 Å². The van der Waals surface area contributed by atoms with Gasteiger partial charge in [0, 0.05) is 83.3 Å². The van der Waals surface area contributed by atoms with Gasteiger partial charge < -0.3 is 94.1 Å². The van der Waals surface area contributed by atoms with Crippen LogP contribution in [0.5, 0.6) is 0 Å². The van der Waals surface area contributed by atoms with E-state index in [0.29, 0.717) is 38.6 Å². The minimum atomic E-state index is -1.85. The van der Waals surface area contributed by atoms with E-state index in [4.69, 9.17) is 0 Å². The molecular formula is C66H92N16O16S2. The third kappa shape index (κ3) is 23.8. The number of para-hydroxylation sites is 2. The number of aromatic amines is 3. The molecule has 544 valence electrons. The molecule has 11 amide bonds. The molecule has 100 heavy (non-hydrogen) atoms. The SMILES string of the molecule is CN[C@H]1CSSC[C@@H](C(=O)N[C@H](C(=O)O)[C@@H](C)O)NC(=O)[C@H](Cc2c[nH]c3ccccc23)NC(=O)[C@H](C(C)C)NC(=O)[C@H](CC(C)C)NC(=O)[C@H](CCC(=O)O)NC(=O)CNC(=O)[C@H](CC(C)C)NC(=O)[C@H](Cc2cnc[nH]2)NC(=O)[C@H](Cc2c[nH]c3ccccc23)NC(=O)[C@H](C)NC1=O. The van der Waals surface area contributed by atoms with Crippen molar-refractivity contribution in [2.75, 3.05) is 25.1 Å². The lowest BCUT2D eigenvalue weighted by Gasteiger charge is -2.29. The van der Waals surface area contributed by atoms with Gasteiger partial charge in [0.25, 0.3) is 0 Å². The predicted molar refractivity (Wildman–Crippen MR) is 372 cm³/mol. The van der Waals surface area contributed by atoms with Gasteiger partial charge in [-0.15, -0.1) is 0 Å². The number of H-pyrrole nitrogens is 3. The van der Waals surface area contributed by atoms with Gasteiger partial charge in [-0.05, 0) is 81.2 Å². The summed E-state index contributed by atoms with van der Waals surface area (Å²) in [5.41, 5.74) is 2.88. The van der Waals surface area contributed by atoms with Crippen LogP contribution in [-0.2, 0) is 81.6 Å². The quantitative estimate of drug-likeness (QED) is 0.0461. The molecule has 1 fully saturated rings. The fraction of sp³-hybridized carbons (Fsp3) is 0.515. The number of fused-ring (bicyclic) bond motifs is 2. The Morgan fingerprint density at radius 2 is 1.07 bits per heavy atom. The number of imidazole rings is 1. The second-order valence-corrected chi connectivity index (χ2v) is 28.3. The summed E-state index contributed by atoms with van der Waals surface area (Å²) in [6.07, 6.45) is 2.64. The second-order valence-electron chi connectivity index (χ2n) is 25.7. The molecule has 1 aliphatic heterocycles. The highest BCUT2D eigenvalue weighted by Gasteiger charge is 2.38. The number of likely N-dealkylation sites (N-methyl/N-ethyl adjacent to an activating group) is 1. The number of aliphatic hydroxyl groups excluding tert-OH is 1. The number of amides is 11. The van der Waals surface area contributed by atoms with E-state index < -0.39 is 175 Å². The van der Waals surface area contributed by atoms with Gasteiger partial charge in [-0.25, -0.2) is 9.78 Å². The predicted octanol–water partition coefficient (Wildman–Crippen LogP) is -0.554. The number of carbonyl (C=O) groups is 13. The van der Waals surface area contributed by atoms with Crippen molar-refractivity contribution in [1.29, 1.82) is 0 Å². The average molecular weight is 1430 g/mol. The van der Waals surface area contributed by atoms with E-state index in [0.717, 1.165) is 28.5 Å². The zero-order chi connectivity index (χ0) is 73.5. The maximum Gasteiger partial charge on any atom is 0.328 e. The van der Waals surface area contributed by atoms with Crippen LogP contribution in [-0.4, -0.2) is 210 Å². The number of benzene rings is 2. The fourth-order valence-corrected chi connectivity index (χ4v) is 13.3. The number of hydrogen-bond donors (Lipinski definition) is 18. The largest absolute Gasteiger partial charge is 0.481 e. The fourth-order valence-electron chi connectivity index (χ4n) is 10.9. The molecule has 0 bridgehead atoms. The van der Waals surface area contributed by atoms with Gasteiger partial charge in [-0.2, -0.15) is 0 Å². The summed E-state index contributed by atoms with van der Waals surface area (Å²) >= 11 is 0. The van der Waals surface area contributed by atoms with Crippen LogP contribution >= 0.6 is 21.6 Å². The number of carbonyl (C=O) groups excluding carboxylic acids is 11. The van der Waals surface area contributed by atoms with Crippen molar-refractivity contribution in [1.82, 2.24) is 83.7 Å². The summed E-state index contributed by atoms with van der Waals surface area (Å²) in [5.74, 6) is -14.5. The van der Waals surface area contributed by atoms with Gasteiger partial charge in [-0.3, -0.25) is 57.5 Å². The molecule has 18 N–H and O–H groups in total. The van der Waals surface area contributed by atoms with Crippen LogP contribution in [0.2, 0.25) is 0 Å². The first kappa shape index (κ1) is 79.4. The highest BCUT2D eigenvalue weighted by molar-refractivity contribution is 8.76. The van der Waals surface area contributed by atoms with Gasteiger partial charge in [0.15, 0.2) is 6.04 Å². The van der Waals surface area contributed by atoms with Crippen LogP contribution in [0.15, 0.2) is 73.4 Å². The minimum Gasteiger partial charge on any atom is -0.481 e. The number of carboxylic acids is 2. The van der Waals surface area contributed by atoms with E-state index in [2.05, 4.69) is 83.7 Å². The van der Waals surface area contributed by atoms with E-state index in [9.17, 15) is 77.6 Å². The molecule has 5 aromatic rings. The second kappa shape index (κ2) is 38.2. The van der Waals surface area contributed by atoms with Crippen molar-refractivity contribution in [3.63, 3.8) is 0 Å². The molecule has 0 saturated carbocycles. The molecule has 3 aromatic heterocycles. The Morgan fingerprint density at radius 3 is 1.59 bits per heavy atom. The highest BCUT2D eigenvalue weighted by Crippen LogP contribution is 2.25. The van der Waals surface area contributed by atoms with Gasteiger partial charge in [0.1, 0.15) is 54.4 Å². The minimum absolute atomic E-state index is 0.00316. The van der Waals surface area contributed by atoms with Crippen LogP contribution in [0.25, 0.3) is 21.8 Å². The molecule has 1 saturated heterocycles. The van der Waals surface area contributed by atoms with Crippen molar-refractivity contribution < 1.29 is 77.6 Å². The van der Waals surface area contributed by atoms with E-state index in [1.807, 2.05) is 6.07 Å². The Morgan fingerprint density at radius 1 is 0.570 bits per heavy atom. The van der Waals surface area contributed by atoms with Crippen LogP contribution in [0.1, 0.15) is 97.9 Å². The standard InChI is InChI=1S/C66H92N16O16S2/c1-32(2)20-45-57(88)71-28-52(84)74-44(18-19-53(85)86)58(89)77-46(21-33(3)4)62(93)81-54(34(5)6)65(96)79-48(23-38-26-70-43-17-13-11-15-41(38)43)60(91)80-51(64(95)82-55(36(8)83)66(97)98)30-100-99-29-50(67-9)63(94)73-35(7)56(87)75-47(22-37-25-69-42-16-12-10-14-40(37)42)59(90)78-49(61(92)76-45)24-39-27-68-31-72-39/h10-17,25-27,31-36,44-51,54-55,67,69-70,83H,18-24,28-30H2,1-9H3,(H,68,72)(H,71,88)(H,73,94)(H,74,84)(H,75,87)(H,76,92)(H,77,89)(H,78,90)(H,79,96)(H,80,91)(H,81,93)(H,82,95)(H,85,86)(H,97,98)/t35-,36+,44-,45-,46-,47-,48-,49-,50-,51-,54-,55-/m0/s1. The lowest BCUT2D eigenvalue weighted by molar-refractivity contribution is -0.145. The van der Waals surface area contributed by atoms with Crippen molar-refractivity contribution in [3.8, 4) is 0 Å². The summed E-state index contributed by atoms with van der Waals surface area (Å²) in [6, 6.07) is -1.79. The Balaban J connectivity index is 1.38. The maximum atomic E-state index is 14.9. The van der Waals surface area contributed by atoms with Crippen molar-refractivity contribution >= 4 is 120 Å². The molecule has 32 nitrogen and oxygen atoms in total. The Hall–Kier alpha value is -9.54. The van der Waals surface area contributed by atoms with Crippen LogP contribution in [0, 0.1) is 17.8 Å². The van der Waals surface area contributed by atoms with Crippen LogP contribution in [0.3, 0.4) is 0 Å². The highest BCUT2D eigenvalue weighted by atomic mass is 33.1. The summed E-state index contributed by atoms with van der Waals surface area (Å²) in [6.45, 7) is 11.9. The molecule has 12 atom stereocenters. The van der Waals surface area contributed by atoms with Crippen LogP contribution < -0.4 is 63.8 Å². The van der Waals surface area contributed by atoms with E-state index in [-0.39, 0.29) is 55.4 Å². The molecule has 0 unspecified atom stereocenters. The Labute approximate surface area is 585 Å². The third-order valence-electron chi connectivity index (χ3n) is 16.4. The summed E-state index contributed by atoms with van der Waals surface area (Å²) < 4.78 is 0. The number of aromatic nitrogens is 4. The number of carboxylic acid groups (broad SMARTS) is 2. The number of rotatable bonds is 19. The summed E-state index contributed by atoms with van der Waals surface area (Å²) in [4.78, 5) is 196. The number of aliphatic carboxylic acids is 2. The first-order chi connectivity index (χ1) is 47.4. The average Bonchev–Trinajstić information content (AvgIpc) is 1.64. The zero-order valence-electron chi connectivity index (χ0n) is 57.1. The Kier molecular flexibility index (Phi) is 30.3. The van der Waals surface area contributed by atoms with Crippen LogP contribution in [0.4, 0.5) is 0 Å². The molecule has 1 aliphatic rings. The number of aliphatic hydroxyl groups is 1. The first-order valence-corrected chi connectivity index (χ1v) is 35.3. The zero-order valence-corrected chi connectivity index (χ0v) is 58.7. The van der Waals surface area contributed by atoms with Crippen molar-refractivity contribution in [2.45, 2.75) is 173 Å². The number of nitrogens with one attached hydrogen (secondary N) is 15. The molecule has 6 rings (SSSR count). The molecule has 34 heteroatoms. The van der Waals surface area contributed by atoms with Gasteiger partial charge in [-0.1, -0.05) is 99.5 Å². The first-order valence-electron chi connectivity index (χ1n) is 32.8. The monoisotopic (exact) mass is 1430 g/mol. The molecule has 0 radical (unpaired) electrons. The number of hydrogen-bond acceptors (Lipinski definition) is 18. The molecule has 2 aromatic carbocycles. The molecule has 4 heterocycles. The summed E-state index contributed by atoms with van der Waals surface area (Å²) in [5, 5.41) is 63.0. The van der Waals surface area contributed by atoms with E-state index in [1.54, 1.807) is 96.4 Å². The lowest BCUT2D eigenvalue weighted by atomic mass is 9.98. The van der Waals surface area contributed by atoms with Gasteiger partial charge in [0.05, 0.1) is 25.0 Å². The number of nitrogens with zero attached hydrogens (tertiary/aromatic N) is 1. The maximum absolute atomic E-state index is 14.9. The lowest BCUT2D eigenvalue weighted by Crippen LogP contribution is -2.61. The topological polar surface area (TPSA) is 487 Å². The molecular weight excluding hydrogens is 1340 g/mol.